The fourth-order valence-corrected chi connectivity index (χ4v) is 5.37. The molecule has 3 aliphatic rings. The molecule has 3 saturated carbocycles. The molecule has 2 amide bonds. The summed E-state index contributed by atoms with van der Waals surface area (Å²) in [5, 5.41) is 6.40. The number of hydrogen-bond acceptors (Lipinski definition) is 5. The number of fused-ring (bicyclic) bond motifs is 3. The van der Waals surface area contributed by atoms with Crippen LogP contribution in [0.1, 0.15) is 48.7 Å². The molecule has 0 saturated heterocycles. The second-order valence-electron chi connectivity index (χ2n) is 8.27. The van der Waals surface area contributed by atoms with Crippen LogP contribution in [0, 0.1) is 11.7 Å². The Kier molecular flexibility index (Phi) is 5.72. The van der Waals surface area contributed by atoms with Gasteiger partial charge >= 0.3 is 0 Å². The molecular formula is C21H23ClFN3O3S. The highest BCUT2D eigenvalue weighted by atomic mass is 35.5. The molecule has 2 N–H and O–H groups in total. The van der Waals surface area contributed by atoms with Crippen molar-refractivity contribution < 1.29 is 18.7 Å². The van der Waals surface area contributed by atoms with Crippen LogP contribution in [0.3, 0.4) is 0 Å². The van der Waals surface area contributed by atoms with Gasteiger partial charge in [0.1, 0.15) is 16.4 Å². The van der Waals surface area contributed by atoms with Crippen molar-refractivity contribution in [2.24, 2.45) is 5.92 Å². The number of ether oxygens (including phenoxy) is 1. The van der Waals surface area contributed by atoms with Crippen molar-refractivity contribution in [3.05, 3.63) is 45.6 Å². The Morgan fingerprint density at radius 2 is 2.07 bits per heavy atom. The molecule has 3 fully saturated rings. The molecule has 1 aromatic heterocycles. The molecule has 2 bridgehead atoms. The van der Waals surface area contributed by atoms with E-state index < -0.39 is 5.82 Å². The number of amides is 2. The largest absolute Gasteiger partial charge is 0.484 e. The maximum Gasteiger partial charge on any atom is 0.263 e. The highest BCUT2D eigenvalue weighted by molar-refractivity contribution is 7.11. The summed E-state index contributed by atoms with van der Waals surface area (Å²) in [6.07, 6.45) is 5.58. The fraction of sp³-hybridized carbons (Fsp3) is 0.476. The minimum absolute atomic E-state index is 0.00926. The third kappa shape index (κ3) is 4.16. The number of halogens is 2. The molecule has 1 unspecified atom stereocenters. The number of thiazole rings is 1. The Morgan fingerprint density at radius 3 is 2.70 bits per heavy atom. The Morgan fingerprint density at radius 1 is 1.30 bits per heavy atom. The number of nitrogens with one attached hydrogen (secondary N) is 2. The average molecular weight is 452 g/mol. The zero-order valence-corrected chi connectivity index (χ0v) is 18.1. The molecule has 30 heavy (non-hydrogen) atoms. The van der Waals surface area contributed by atoms with Crippen LogP contribution in [0.5, 0.6) is 5.75 Å². The summed E-state index contributed by atoms with van der Waals surface area (Å²) < 4.78 is 18.9. The first-order valence-electron chi connectivity index (χ1n) is 9.91. The van der Waals surface area contributed by atoms with Crippen molar-refractivity contribution in [3.63, 3.8) is 0 Å². The van der Waals surface area contributed by atoms with Crippen LogP contribution < -0.4 is 15.4 Å². The minimum Gasteiger partial charge on any atom is -0.484 e. The Balaban J connectivity index is 1.34. The van der Waals surface area contributed by atoms with Crippen LogP contribution in [0.25, 0.3) is 0 Å². The highest BCUT2D eigenvalue weighted by Gasteiger charge is 2.54. The smallest absolute Gasteiger partial charge is 0.263 e. The Hall–Kier alpha value is -2.19. The second-order valence-corrected chi connectivity index (χ2v) is 9.57. The van der Waals surface area contributed by atoms with Crippen molar-refractivity contribution >= 4 is 34.8 Å². The van der Waals surface area contributed by atoms with E-state index in [2.05, 4.69) is 22.5 Å². The SMILES string of the molecule is CC1CC2(NC(=O)COc3ccc(Cl)c(F)c3)CCC1(NC(=O)c1cncs1)CC2. The standard InChI is InChI=1S/C21H23ClFN3O3S/c1-13-9-20(25-18(27)11-29-14-2-3-15(22)16(23)8-14)4-6-21(13,7-5-20)26-19(28)17-10-24-12-30-17/h2-3,8,10,12-13H,4-7,9,11H2,1H3,(H,25,27)(H,26,28). The quantitative estimate of drug-likeness (QED) is 0.696. The Labute approximate surface area is 183 Å². The van der Waals surface area contributed by atoms with Crippen molar-refractivity contribution in [1.29, 1.82) is 0 Å². The first-order chi connectivity index (χ1) is 14.3. The van der Waals surface area contributed by atoms with E-state index in [4.69, 9.17) is 16.3 Å². The molecule has 0 spiro atoms. The van der Waals surface area contributed by atoms with E-state index in [-0.39, 0.29) is 46.2 Å². The molecule has 1 atom stereocenters. The van der Waals surface area contributed by atoms with Gasteiger partial charge in [-0.15, -0.1) is 11.3 Å². The maximum atomic E-state index is 13.5. The molecule has 1 aromatic carbocycles. The summed E-state index contributed by atoms with van der Waals surface area (Å²) in [5.41, 5.74) is 1.12. The lowest BCUT2D eigenvalue weighted by atomic mass is 9.56. The maximum absolute atomic E-state index is 13.5. The van der Waals surface area contributed by atoms with Crippen molar-refractivity contribution in [1.82, 2.24) is 15.6 Å². The van der Waals surface area contributed by atoms with Gasteiger partial charge in [0, 0.05) is 17.1 Å². The van der Waals surface area contributed by atoms with Crippen LogP contribution in [0.15, 0.2) is 29.9 Å². The van der Waals surface area contributed by atoms with Gasteiger partial charge in [-0.25, -0.2) is 4.39 Å². The van der Waals surface area contributed by atoms with Crippen LogP contribution in [0.2, 0.25) is 5.02 Å². The van der Waals surface area contributed by atoms with Gasteiger partial charge in [-0.2, -0.15) is 0 Å². The number of carbonyl (C=O) groups excluding carboxylic acids is 2. The third-order valence-corrected chi connectivity index (χ3v) is 7.50. The summed E-state index contributed by atoms with van der Waals surface area (Å²) >= 11 is 6.99. The number of aromatic nitrogens is 1. The molecule has 3 aliphatic carbocycles. The molecule has 5 rings (SSSR count). The van der Waals surface area contributed by atoms with Gasteiger partial charge < -0.3 is 15.4 Å². The normalized spacial score (nSPS) is 27.5. The number of benzene rings is 1. The molecule has 9 heteroatoms. The lowest BCUT2D eigenvalue weighted by Gasteiger charge is -2.57. The van der Waals surface area contributed by atoms with E-state index in [9.17, 15) is 14.0 Å². The van der Waals surface area contributed by atoms with E-state index in [1.807, 2.05) is 0 Å². The zero-order valence-electron chi connectivity index (χ0n) is 16.5. The van der Waals surface area contributed by atoms with Crippen molar-refractivity contribution in [2.75, 3.05) is 6.61 Å². The summed E-state index contributed by atoms with van der Waals surface area (Å²) in [6, 6.07) is 4.09. The predicted molar refractivity (Wildman–Crippen MR) is 112 cm³/mol. The Bertz CT molecular complexity index is 945. The van der Waals surface area contributed by atoms with E-state index >= 15 is 0 Å². The summed E-state index contributed by atoms with van der Waals surface area (Å²) in [7, 11) is 0. The second kappa shape index (κ2) is 8.15. The number of carbonyl (C=O) groups is 2. The van der Waals surface area contributed by atoms with E-state index in [0.717, 1.165) is 38.2 Å². The number of hydrogen-bond donors (Lipinski definition) is 2. The monoisotopic (exact) mass is 451 g/mol. The molecular weight excluding hydrogens is 429 g/mol. The summed E-state index contributed by atoms with van der Waals surface area (Å²) in [4.78, 5) is 29.7. The fourth-order valence-electron chi connectivity index (χ4n) is 4.74. The van der Waals surface area contributed by atoms with Crippen LogP contribution in [-0.4, -0.2) is 34.5 Å². The van der Waals surface area contributed by atoms with Crippen LogP contribution in [-0.2, 0) is 4.79 Å². The zero-order chi connectivity index (χ0) is 21.4. The number of rotatable bonds is 6. The van der Waals surface area contributed by atoms with E-state index in [1.54, 1.807) is 11.7 Å². The summed E-state index contributed by atoms with van der Waals surface area (Å²) in [6.45, 7) is 1.93. The van der Waals surface area contributed by atoms with Gasteiger partial charge in [0.05, 0.1) is 16.7 Å². The van der Waals surface area contributed by atoms with Gasteiger partial charge in [0.15, 0.2) is 6.61 Å². The van der Waals surface area contributed by atoms with Crippen LogP contribution >= 0.6 is 22.9 Å². The van der Waals surface area contributed by atoms with Crippen molar-refractivity contribution in [2.45, 2.75) is 50.1 Å². The van der Waals surface area contributed by atoms with Crippen LogP contribution in [0.4, 0.5) is 4.39 Å². The van der Waals surface area contributed by atoms with Gasteiger partial charge in [0.25, 0.3) is 11.8 Å². The number of nitrogens with zero attached hydrogens (tertiary/aromatic N) is 1. The van der Waals surface area contributed by atoms with Gasteiger partial charge in [-0.3, -0.25) is 14.6 Å². The van der Waals surface area contributed by atoms with Gasteiger partial charge in [-0.1, -0.05) is 18.5 Å². The molecule has 160 valence electrons. The third-order valence-electron chi connectivity index (χ3n) is 6.42. The first-order valence-corrected chi connectivity index (χ1v) is 11.2. The molecule has 2 aromatic rings. The molecule has 0 aliphatic heterocycles. The minimum atomic E-state index is -0.585. The molecule has 6 nitrogen and oxygen atoms in total. The topological polar surface area (TPSA) is 80.3 Å². The molecule has 1 heterocycles. The predicted octanol–water partition coefficient (Wildman–Crippen LogP) is 3.95. The van der Waals surface area contributed by atoms with E-state index in [1.165, 1.54) is 23.5 Å². The lowest BCUT2D eigenvalue weighted by molar-refractivity contribution is -0.127. The lowest BCUT2D eigenvalue weighted by Crippen LogP contribution is -2.67. The first kappa shape index (κ1) is 21.1. The van der Waals surface area contributed by atoms with Gasteiger partial charge in [0.2, 0.25) is 0 Å². The molecule has 0 radical (unpaired) electrons. The van der Waals surface area contributed by atoms with Gasteiger partial charge in [-0.05, 0) is 50.2 Å². The average Bonchev–Trinajstić information content (AvgIpc) is 3.25. The van der Waals surface area contributed by atoms with E-state index in [0.29, 0.717) is 4.88 Å². The highest BCUT2D eigenvalue weighted by Crippen LogP contribution is 2.50. The summed E-state index contributed by atoms with van der Waals surface area (Å²) in [5.74, 6) is -0.413. The van der Waals surface area contributed by atoms with Crippen molar-refractivity contribution in [3.8, 4) is 5.75 Å².